The van der Waals surface area contributed by atoms with Crippen LogP contribution in [-0.2, 0) is 6.42 Å². The molecule has 0 bridgehead atoms. The summed E-state index contributed by atoms with van der Waals surface area (Å²) in [6.45, 7) is 0.678. The molecule has 0 saturated heterocycles. The van der Waals surface area contributed by atoms with Crippen LogP contribution < -0.4 is 16.5 Å². The monoisotopic (exact) mass is 347 g/mol. The first-order valence-electron chi connectivity index (χ1n) is 8.44. The summed E-state index contributed by atoms with van der Waals surface area (Å²) in [6.07, 6.45) is 6.99. The van der Waals surface area contributed by atoms with Crippen molar-refractivity contribution in [2.24, 2.45) is 5.73 Å². The van der Waals surface area contributed by atoms with Crippen LogP contribution in [0.25, 0.3) is 11.1 Å². The topological polar surface area (TPSA) is 96.8 Å². The Balaban J connectivity index is 1.78. The number of nitrogens with zero attached hydrogens (tertiary/aromatic N) is 2. The zero-order valence-electron chi connectivity index (χ0n) is 14.4. The molecular weight excluding hydrogens is 326 g/mol. The number of benzene rings is 1. The molecule has 0 spiro atoms. The lowest BCUT2D eigenvalue weighted by Crippen LogP contribution is -2.33. The van der Waals surface area contributed by atoms with Crippen LogP contribution in [-0.4, -0.2) is 22.1 Å². The van der Waals surface area contributed by atoms with E-state index in [1.807, 2.05) is 54.7 Å². The van der Waals surface area contributed by atoms with Gasteiger partial charge in [0.15, 0.2) is 5.49 Å². The summed E-state index contributed by atoms with van der Waals surface area (Å²) in [5.74, 6) is 0. The molecule has 132 valence electrons. The van der Waals surface area contributed by atoms with Gasteiger partial charge in [-0.05, 0) is 36.1 Å². The van der Waals surface area contributed by atoms with Crippen LogP contribution >= 0.6 is 0 Å². The molecule has 1 aromatic carbocycles. The minimum atomic E-state index is -0.675. The number of aromatic nitrogens is 2. The van der Waals surface area contributed by atoms with E-state index < -0.39 is 6.03 Å². The molecule has 3 rings (SSSR count). The lowest BCUT2D eigenvalue weighted by molar-refractivity contribution is 0.249. The highest BCUT2D eigenvalue weighted by Crippen LogP contribution is 2.20. The zero-order valence-corrected chi connectivity index (χ0v) is 14.4. The minimum Gasteiger partial charge on any atom is -0.382 e. The molecule has 0 aliphatic carbocycles. The average molecular weight is 347 g/mol. The van der Waals surface area contributed by atoms with Crippen molar-refractivity contribution in [1.82, 2.24) is 9.55 Å². The van der Waals surface area contributed by atoms with Crippen LogP contribution in [0.5, 0.6) is 0 Å². The number of pyridine rings is 2. The van der Waals surface area contributed by atoms with E-state index in [1.54, 1.807) is 12.4 Å². The molecule has 1 amide bonds. The van der Waals surface area contributed by atoms with Crippen LogP contribution in [0.2, 0.25) is 0 Å². The molecule has 2 heterocycles. The summed E-state index contributed by atoms with van der Waals surface area (Å²) in [4.78, 5) is 15.8. The Morgan fingerprint density at radius 2 is 1.96 bits per heavy atom. The van der Waals surface area contributed by atoms with Gasteiger partial charge in [-0.15, -0.1) is 0 Å². The number of anilines is 1. The van der Waals surface area contributed by atoms with Crippen LogP contribution in [0.4, 0.5) is 10.5 Å². The first kappa shape index (κ1) is 17.4. The minimum absolute atomic E-state index is 0.0542. The van der Waals surface area contributed by atoms with Gasteiger partial charge in [0.05, 0.1) is 5.69 Å². The number of hydrogen-bond donors (Lipinski definition) is 3. The van der Waals surface area contributed by atoms with Crippen molar-refractivity contribution in [2.75, 3.05) is 11.9 Å². The van der Waals surface area contributed by atoms with Gasteiger partial charge in [-0.2, -0.15) is 0 Å². The fourth-order valence-electron chi connectivity index (χ4n) is 2.75. The molecule has 26 heavy (non-hydrogen) atoms. The van der Waals surface area contributed by atoms with Crippen LogP contribution in [0.15, 0.2) is 67.1 Å². The van der Waals surface area contributed by atoms with Crippen molar-refractivity contribution >= 4 is 11.7 Å². The average Bonchev–Trinajstić information content (AvgIpc) is 2.67. The highest BCUT2D eigenvalue weighted by molar-refractivity contribution is 5.78. The summed E-state index contributed by atoms with van der Waals surface area (Å²) in [5, 5.41) is 11.5. The lowest BCUT2D eigenvalue weighted by Gasteiger charge is -2.13. The normalized spacial score (nSPS) is 10.5. The van der Waals surface area contributed by atoms with Crippen LogP contribution in [0, 0.1) is 5.41 Å². The second-order valence-electron chi connectivity index (χ2n) is 5.96. The molecular formula is C20H21N5O. The van der Waals surface area contributed by atoms with Crippen molar-refractivity contribution in [3.05, 3.63) is 78.2 Å². The first-order valence-corrected chi connectivity index (χ1v) is 8.44. The predicted octanol–water partition coefficient (Wildman–Crippen LogP) is 3.00. The Hall–Kier alpha value is -3.41. The third-order valence-electron chi connectivity index (χ3n) is 4.09. The van der Waals surface area contributed by atoms with E-state index >= 15 is 0 Å². The van der Waals surface area contributed by atoms with Gasteiger partial charge in [-0.1, -0.05) is 36.4 Å². The molecule has 0 aliphatic rings. The molecule has 0 unspecified atom stereocenters. The molecule has 3 aromatic rings. The fourth-order valence-corrected chi connectivity index (χ4v) is 2.75. The quantitative estimate of drug-likeness (QED) is 0.598. The number of hydrogen-bond acceptors (Lipinski definition) is 4. The Labute approximate surface area is 151 Å². The van der Waals surface area contributed by atoms with Crippen molar-refractivity contribution in [1.29, 1.82) is 5.41 Å². The fraction of sp³-hybridized carbons (Fsp3) is 0.150. The number of nitrogens with one attached hydrogen (secondary N) is 2. The molecule has 0 radical (unpaired) electrons. The number of carbonyl (C=O) groups excluding carboxylic acids is 1. The van der Waals surface area contributed by atoms with Crippen molar-refractivity contribution in [2.45, 2.75) is 12.8 Å². The van der Waals surface area contributed by atoms with Crippen molar-refractivity contribution < 1.29 is 4.79 Å². The van der Waals surface area contributed by atoms with Gasteiger partial charge in [0.2, 0.25) is 0 Å². The van der Waals surface area contributed by atoms with E-state index in [2.05, 4.69) is 10.3 Å². The second kappa shape index (κ2) is 8.11. The van der Waals surface area contributed by atoms with E-state index in [-0.39, 0.29) is 5.49 Å². The van der Waals surface area contributed by atoms with Gasteiger partial charge in [-0.25, -0.2) is 4.79 Å². The van der Waals surface area contributed by atoms with Gasteiger partial charge in [0.25, 0.3) is 0 Å². The van der Waals surface area contributed by atoms with Gasteiger partial charge in [0.1, 0.15) is 0 Å². The lowest BCUT2D eigenvalue weighted by atomic mass is 10.1. The smallest absolute Gasteiger partial charge is 0.324 e. The molecule has 2 aromatic heterocycles. The van der Waals surface area contributed by atoms with Crippen LogP contribution in [0.1, 0.15) is 12.0 Å². The van der Waals surface area contributed by atoms with Gasteiger partial charge >= 0.3 is 6.03 Å². The highest BCUT2D eigenvalue weighted by atomic mass is 16.2. The number of rotatable bonds is 6. The van der Waals surface area contributed by atoms with Crippen molar-refractivity contribution in [3.63, 3.8) is 0 Å². The van der Waals surface area contributed by atoms with E-state index in [1.165, 1.54) is 5.56 Å². The number of nitrogens with two attached hydrogens (primary N) is 1. The Morgan fingerprint density at radius 3 is 2.65 bits per heavy atom. The molecule has 0 aliphatic heterocycles. The van der Waals surface area contributed by atoms with Gasteiger partial charge in [0, 0.05) is 30.7 Å². The van der Waals surface area contributed by atoms with Crippen LogP contribution in [0.3, 0.4) is 0 Å². The third kappa shape index (κ3) is 4.16. The summed E-state index contributed by atoms with van der Waals surface area (Å²) < 4.78 is 1.16. The molecule has 4 N–H and O–H groups in total. The highest BCUT2D eigenvalue weighted by Gasteiger charge is 2.09. The van der Waals surface area contributed by atoms with Gasteiger partial charge in [-0.3, -0.25) is 15.0 Å². The molecule has 6 heteroatoms. The van der Waals surface area contributed by atoms with E-state index in [0.717, 1.165) is 28.5 Å². The molecule has 0 fully saturated rings. The first-order chi connectivity index (χ1) is 12.6. The Bertz CT molecular complexity index is 935. The predicted molar refractivity (Wildman–Crippen MR) is 102 cm³/mol. The van der Waals surface area contributed by atoms with E-state index in [0.29, 0.717) is 12.2 Å². The number of amides is 1. The zero-order chi connectivity index (χ0) is 18.4. The number of aryl methyl sites for hydroxylation is 1. The maximum absolute atomic E-state index is 11.7. The third-order valence-corrected chi connectivity index (χ3v) is 4.09. The summed E-state index contributed by atoms with van der Waals surface area (Å²) in [6, 6.07) is 14.9. The standard InChI is InChI=1S/C20H21N5O/c21-19-18(24-11-5-7-15-6-4-10-23-13-15)12-17(14-25(19)20(22)26)16-8-2-1-3-9-16/h1-4,6,8-10,12-14,21,24H,5,7,11H2,(H2,22,26). The molecule has 0 atom stereocenters. The largest absolute Gasteiger partial charge is 0.382 e. The maximum Gasteiger partial charge on any atom is 0.324 e. The Morgan fingerprint density at radius 1 is 1.15 bits per heavy atom. The summed E-state index contributed by atoms with van der Waals surface area (Å²) >= 11 is 0. The summed E-state index contributed by atoms with van der Waals surface area (Å²) in [7, 11) is 0. The Kier molecular flexibility index (Phi) is 5.43. The SMILES string of the molecule is N=c1c(NCCCc2cccnc2)cc(-c2ccccc2)cn1C(N)=O. The maximum atomic E-state index is 11.7. The van der Waals surface area contributed by atoms with E-state index in [9.17, 15) is 4.79 Å². The number of primary amides is 1. The number of carbonyl (C=O) groups is 1. The van der Waals surface area contributed by atoms with E-state index in [4.69, 9.17) is 11.1 Å². The summed E-state index contributed by atoms with van der Waals surface area (Å²) in [5.41, 5.74) is 9.02. The van der Waals surface area contributed by atoms with Gasteiger partial charge < -0.3 is 11.1 Å². The molecule has 0 saturated carbocycles. The molecule has 6 nitrogen and oxygen atoms in total. The second-order valence-corrected chi connectivity index (χ2v) is 5.96. The van der Waals surface area contributed by atoms with Crippen molar-refractivity contribution in [3.8, 4) is 11.1 Å².